The first-order valence-corrected chi connectivity index (χ1v) is 5.30. The minimum absolute atomic E-state index is 0.0926. The van der Waals surface area contributed by atoms with Gasteiger partial charge in [0.2, 0.25) is 0 Å². The molecule has 0 aliphatic heterocycles. The summed E-state index contributed by atoms with van der Waals surface area (Å²) >= 11 is 0. The van der Waals surface area contributed by atoms with Gasteiger partial charge in [0.1, 0.15) is 0 Å². The topological polar surface area (TPSA) is 101 Å². The molecule has 0 rings (SSSR count). The van der Waals surface area contributed by atoms with Crippen LogP contribution >= 0.6 is 0 Å². The number of rotatable bonds is 5. The molecule has 0 fully saturated rings. The Morgan fingerprint density at radius 3 is 2.31 bits per heavy atom. The molecule has 0 radical (unpaired) electrons. The van der Waals surface area contributed by atoms with Crippen LogP contribution in [0.4, 0.5) is 0 Å². The molecule has 78 valence electrons. The van der Waals surface area contributed by atoms with E-state index in [4.69, 9.17) is 10.2 Å². The Kier molecular flexibility index (Phi) is 4.31. The van der Waals surface area contributed by atoms with E-state index >= 15 is 0 Å². The normalized spacial score (nSPS) is 14.5. The van der Waals surface area contributed by atoms with E-state index in [9.17, 15) is 13.2 Å². The van der Waals surface area contributed by atoms with E-state index in [0.29, 0.717) is 0 Å². The molecule has 1 atom stereocenters. The minimum atomic E-state index is -3.77. The maximum atomic E-state index is 10.8. The summed E-state index contributed by atoms with van der Waals surface area (Å²) in [6.45, 7) is 3.11. The van der Waals surface area contributed by atoms with Gasteiger partial charge in [0.15, 0.2) is 0 Å². The standard InChI is InChI=1S/C6H14N2O4S/c1-3-8(13(7,11)12)4-5(2)6(9)10/h5H,3-4H2,1-2H3,(H,9,10)(H2,7,11,12). The molecule has 0 aliphatic carbocycles. The third kappa shape index (κ3) is 4.20. The minimum Gasteiger partial charge on any atom is -0.481 e. The fourth-order valence-electron chi connectivity index (χ4n) is 0.796. The second-order valence-corrected chi connectivity index (χ2v) is 4.28. The van der Waals surface area contributed by atoms with E-state index in [1.165, 1.54) is 6.92 Å². The summed E-state index contributed by atoms with van der Waals surface area (Å²) in [5.74, 6) is -1.79. The number of hydrogen-bond acceptors (Lipinski definition) is 3. The van der Waals surface area contributed by atoms with Crippen LogP contribution in [0.3, 0.4) is 0 Å². The van der Waals surface area contributed by atoms with Crippen molar-refractivity contribution in [2.75, 3.05) is 13.1 Å². The summed E-state index contributed by atoms with van der Waals surface area (Å²) in [5.41, 5.74) is 0. The second kappa shape index (κ2) is 4.54. The number of aliphatic carboxylic acids is 1. The van der Waals surface area contributed by atoms with Gasteiger partial charge in [0.05, 0.1) is 5.92 Å². The molecule has 0 aliphatic rings. The van der Waals surface area contributed by atoms with Crippen molar-refractivity contribution < 1.29 is 18.3 Å². The van der Waals surface area contributed by atoms with Gasteiger partial charge in [-0.05, 0) is 0 Å². The highest BCUT2D eigenvalue weighted by atomic mass is 32.2. The molecule has 0 bridgehead atoms. The lowest BCUT2D eigenvalue weighted by atomic mass is 10.2. The highest BCUT2D eigenvalue weighted by molar-refractivity contribution is 7.86. The largest absolute Gasteiger partial charge is 0.481 e. The molecule has 1 unspecified atom stereocenters. The maximum absolute atomic E-state index is 10.8. The third-order valence-corrected chi connectivity index (χ3v) is 2.74. The van der Waals surface area contributed by atoms with Crippen LogP contribution in [0.25, 0.3) is 0 Å². The Morgan fingerprint density at radius 1 is 1.62 bits per heavy atom. The number of nitrogens with two attached hydrogens (primary N) is 1. The average molecular weight is 210 g/mol. The van der Waals surface area contributed by atoms with E-state index in [1.54, 1.807) is 6.92 Å². The summed E-state index contributed by atoms with van der Waals surface area (Å²) in [6, 6.07) is 0. The molecule has 0 amide bonds. The summed E-state index contributed by atoms with van der Waals surface area (Å²) in [7, 11) is -3.77. The van der Waals surface area contributed by atoms with E-state index < -0.39 is 22.1 Å². The quantitative estimate of drug-likeness (QED) is 0.622. The molecule has 3 N–H and O–H groups in total. The molecule has 0 heterocycles. The van der Waals surface area contributed by atoms with Crippen LogP contribution in [-0.4, -0.2) is 36.9 Å². The number of carbonyl (C=O) groups is 1. The molecular formula is C6H14N2O4S. The third-order valence-electron chi connectivity index (χ3n) is 1.61. The lowest BCUT2D eigenvalue weighted by molar-refractivity contribution is -0.141. The zero-order chi connectivity index (χ0) is 10.6. The van der Waals surface area contributed by atoms with Crippen molar-refractivity contribution >= 4 is 16.2 Å². The van der Waals surface area contributed by atoms with Crippen LogP contribution in [-0.2, 0) is 15.0 Å². The van der Waals surface area contributed by atoms with Gasteiger partial charge in [0, 0.05) is 13.1 Å². The lowest BCUT2D eigenvalue weighted by Crippen LogP contribution is -2.40. The van der Waals surface area contributed by atoms with Gasteiger partial charge in [-0.2, -0.15) is 12.7 Å². The van der Waals surface area contributed by atoms with Gasteiger partial charge in [-0.1, -0.05) is 13.8 Å². The number of carboxylic acids is 1. The Bertz CT molecular complexity index is 274. The van der Waals surface area contributed by atoms with Gasteiger partial charge in [-0.15, -0.1) is 0 Å². The molecule has 0 saturated heterocycles. The monoisotopic (exact) mass is 210 g/mol. The molecule has 0 aromatic heterocycles. The van der Waals surface area contributed by atoms with Gasteiger partial charge in [-0.25, -0.2) is 5.14 Å². The maximum Gasteiger partial charge on any atom is 0.307 e. The Balaban J connectivity index is 4.40. The number of carboxylic acid groups (broad SMARTS) is 1. The Labute approximate surface area is 77.5 Å². The van der Waals surface area contributed by atoms with Crippen LogP contribution in [0.15, 0.2) is 0 Å². The molecule has 7 heteroatoms. The van der Waals surface area contributed by atoms with Crippen molar-refractivity contribution in [2.24, 2.45) is 11.1 Å². The number of nitrogens with zero attached hydrogens (tertiary/aromatic N) is 1. The van der Waals surface area contributed by atoms with Crippen LogP contribution in [0.1, 0.15) is 13.8 Å². The molecule has 13 heavy (non-hydrogen) atoms. The summed E-state index contributed by atoms with van der Waals surface area (Å²) in [4.78, 5) is 10.4. The van der Waals surface area contributed by atoms with Gasteiger partial charge in [-0.3, -0.25) is 4.79 Å². The summed E-state index contributed by atoms with van der Waals surface area (Å²) < 4.78 is 22.6. The molecular weight excluding hydrogens is 196 g/mol. The molecule has 0 spiro atoms. The first-order valence-electron chi connectivity index (χ1n) is 3.79. The average Bonchev–Trinajstić information content (AvgIpc) is 1.96. The summed E-state index contributed by atoms with van der Waals surface area (Å²) in [5, 5.41) is 13.4. The highest BCUT2D eigenvalue weighted by Crippen LogP contribution is 2.02. The predicted octanol–water partition coefficient (Wildman–Crippen LogP) is -0.767. The zero-order valence-corrected chi connectivity index (χ0v) is 8.41. The van der Waals surface area contributed by atoms with Crippen molar-refractivity contribution in [1.29, 1.82) is 0 Å². The highest BCUT2D eigenvalue weighted by Gasteiger charge is 2.21. The van der Waals surface area contributed by atoms with Crippen LogP contribution in [0.5, 0.6) is 0 Å². The van der Waals surface area contributed by atoms with Crippen molar-refractivity contribution in [2.45, 2.75) is 13.8 Å². The predicted molar refractivity (Wildman–Crippen MR) is 47.2 cm³/mol. The van der Waals surface area contributed by atoms with Crippen LogP contribution < -0.4 is 5.14 Å². The van der Waals surface area contributed by atoms with E-state index in [-0.39, 0.29) is 13.1 Å². The fraction of sp³-hybridized carbons (Fsp3) is 0.833. The molecule has 6 nitrogen and oxygen atoms in total. The fourth-order valence-corrected chi connectivity index (χ4v) is 1.59. The van der Waals surface area contributed by atoms with Crippen molar-refractivity contribution in [1.82, 2.24) is 4.31 Å². The van der Waals surface area contributed by atoms with Gasteiger partial charge < -0.3 is 5.11 Å². The molecule has 0 aromatic rings. The first-order chi connectivity index (χ1) is 5.79. The molecule has 0 aromatic carbocycles. The smallest absolute Gasteiger partial charge is 0.307 e. The number of hydrogen-bond donors (Lipinski definition) is 2. The Morgan fingerprint density at radius 2 is 2.08 bits per heavy atom. The first kappa shape index (κ1) is 12.3. The van der Waals surface area contributed by atoms with Crippen LogP contribution in [0, 0.1) is 5.92 Å². The van der Waals surface area contributed by atoms with E-state index in [1.807, 2.05) is 0 Å². The van der Waals surface area contributed by atoms with Crippen molar-refractivity contribution in [3.63, 3.8) is 0 Å². The van der Waals surface area contributed by atoms with Crippen molar-refractivity contribution in [3.8, 4) is 0 Å². The molecule has 0 saturated carbocycles. The second-order valence-electron chi connectivity index (χ2n) is 2.73. The van der Waals surface area contributed by atoms with Gasteiger partial charge in [0.25, 0.3) is 10.2 Å². The SMILES string of the molecule is CCN(CC(C)C(=O)O)S(N)(=O)=O. The van der Waals surface area contributed by atoms with Crippen molar-refractivity contribution in [3.05, 3.63) is 0 Å². The zero-order valence-electron chi connectivity index (χ0n) is 7.60. The van der Waals surface area contributed by atoms with Gasteiger partial charge >= 0.3 is 5.97 Å². The van der Waals surface area contributed by atoms with E-state index in [0.717, 1.165) is 4.31 Å². The lowest BCUT2D eigenvalue weighted by Gasteiger charge is -2.19. The van der Waals surface area contributed by atoms with E-state index in [2.05, 4.69) is 0 Å². The van der Waals surface area contributed by atoms with Crippen LogP contribution in [0.2, 0.25) is 0 Å². The Hall–Kier alpha value is -0.660. The summed E-state index contributed by atoms with van der Waals surface area (Å²) in [6.07, 6.45) is 0.